The standard InChI is InChI=1S/C11H15FO3/c1-11(2,13)8-5-7(12)6-9(14-3)10(8)15-4/h5-6,13H,1-4H3. The fraction of sp³-hybridized carbons (Fsp3) is 0.455. The second-order valence-electron chi connectivity index (χ2n) is 3.75. The average molecular weight is 214 g/mol. The predicted molar refractivity (Wildman–Crippen MR) is 54.7 cm³/mol. The highest BCUT2D eigenvalue weighted by atomic mass is 19.1. The van der Waals surface area contributed by atoms with Crippen molar-refractivity contribution in [2.75, 3.05) is 14.2 Å². The molecule has 0 aromatic heterocycles. The van der Waals surface area contributed by atoms with E-state index in [4.69, 9.17) is 9.47 Å². The molecule has 84 valence electrons. The lowest BCUT2D eigenvalue weighted by atomic mass is 9.97. The number of aliphatic hydroxyl groups is 1. The lowest BCUT2D eigenvalue weighted by molar-refractivity contribution is 0.0747. The number of ether oxygens (including phenoxy) is 2. The molecule has 0 saturated carbocycles. The van der Waals surface area contributed by atoms with Crippen LogP contribution in [0.25, 0.3) is 0 Å². The SMILES string of the molecule is COc1cc(F)cc(C(C)(C)O)c1OC. The van der Waals surface area contributed by atoms with Gasteiger partial charge in [0.1, 0.15) is 5.82 Å². The van der Waals surface area contributed by atoms with Crippen molar-refractivity contribution in [3.63, 3.8) is 0 Å². The number of rotatable bonds is 3. The average Bonchev–Trinajstić information content (AvgIpc) is 2.15. The molecular formula is C11H15FO3. The van der Waals surface area contributed by atoms with Crippen molar-refractivity contribution >= 4 is 0 Å². The van der Waals surface area contributed by atoms with Gasteiger partial charge in [-0.05, 0) is 19.9 Å². The van der Waals surface area contributed by atoms with Crippen molar-refractivity contribution in [1.82, 2.24) is 0 Å². The first kappa shape index (κ1) is 11.8. The van der Waals surface area contributed by atoms with E-state index < -0.39 is 11.4 Å². The minimum absolute atomic E-state index is 0.273. The van der Waals surface area contributed by atoms with E-state index in [0.29, 0.717) is 11.3 Å². The molecule has 1 rings (SSSR count). The van der Waals surface area contributed by atoms with Gasteiger partial charge in [0.15, 0.2) is 11.5 Å². The Bertz CT molecular complexity index is 356. The zero-order valence-electron chi connectivity index (χ0n) is 9.30. The van der Waals surface area contributed by atoms with E-state index in [1.807, 2.05) is 0 Å². The summed E-state index contributed by atoms with van der Waals surface area (Å²) in [6, 6.07) is 2.45. The normalized spacial score (nSPS) is 11.3. The molecule has 3 nitrogen and oxygen atoms in total. The number of hydrogen-bond acceptors (Lipinski definition) is 3. The lowest BCUT2D eigenvalue weighted by Crippen LogP contribution is -2.17. The number of hydrogen-bond donors (Lipinski definition) is 1. The third-order valence-electron chi connectivity index (χ3n) is 2.10. The molecule has 0 saturated heterocycles. The lowest BCUT2D eigenvalue weighted by Gasteiger charge is -2.22. The summed E-state index contributed by atoms with van der Waals surface area (Å²) < 4.78 is 23.3. The maximum absolute atomic E-state index is 13.2. The Balaban J connectivity index is 3.42. The van der Waals surface area contributed by atoms with Crippen molar-refractivity contribution in [3.05, 3.63) is 23.5 Å². The van der Waals surface area contributed by atoms with E-state index >= 15 is 0 Å². The van der Waals surface area contributed by atoms with Crippen LogP contribution in [0.1, 0.15) is 19.4 Å². The maximum Gasteiger partial charge on any atom is 0.166 e. The first-order chi connectivity index (χ1) is 6.90. The Labute approximate surface area is 88.4 Å². The van der Waals surface area contributed by atoms with E-state index in [1.165, 1.54) is 26.4 Å². The largest absolute Gasteiger partial charge is 0.493 e. The van der Waals surface area contributed by atoms with Gasteiger partial charge in [-0.3, -0.25) is 0 Å². The Hall–Kier alpha value is -1.29. The highest BCUT2D eigenvalue weighted by molar-refractivity contribution is 5.49. The van der Waals surface area contributed by atoms with Crippen LogP contribution in [-0.2, 0) is 5.60 Å². The van der Waals surface area contributed by atoms with Crippen LogP contribution in [0.5, 0.6) is 11.5 Å². The zero-order chi connectivity index (χ0) is 11.6. The minimum atomic E-state index is -1.18. The van der Waals surface area contributed by atoms with Crippen LogP contribution < -0.4 is 9.47 Å². The predicted octanol–water partition coefficient (Wildman–Crippen LogP) is 2.07. The minimum Gasteiger partial charge on any atom is -0.493 e. The van der Waals surface area contributed by atoms with E-state index in [9.17, 15) is 9.50 Å². The van der Waals surface area contributed by atoms with Crippen LogP contribution in [0.3, 0.4) is 0 Å². The molecule has 0 spiro atoms. The third-order valence-corrected chi connectivity index (χ3v) is 2.10. The van der Waals surface area contributed by atoms with Gasteiger partial charge >= 0.3 is 0 Å². The summed E-state index contributed by atoms with van der Waals surface area (Å²) >= 11 is 0. The van der Waals surface area contributed by atoms with Gasteiger partial charge in [0.2, 0.25) is 0 Å². The number of methoxy groups -OCH3 is 2. The molecule has 1 aromatic carbocycles. The second-order valence-corrected chi connectivity index (χ2v) is 3.75. The fourth-order valence-electron chi connectivity index (χ4n) is 1.39. The topological polar surface area (TPSA) is 38.7 Å². The molecule has 0 atom stereocenters. The Morgan fingerprint density at radius 1 is 1.20 bits per heavy atom. The molecule has 0 heterocycles. The van der Waals surface area contributed by atoms with Gasteiger partial charge in [0.05, 0.1) is 19.8 Å². The Kier molecular flexibility index (Phi) is 3.19. The van der Waals surface area contributed by atoms with E-state index in [-0.39, 0.29) is 5.75 Å². The van der Waals surface area contributed by atoms with E-state index in [2.05, 4.69) is 0 Å². The molecule has 0 aliphatic rings. The van der Waals surface area contributed by atoms with Crippen molar-refractivity contribution in [2.45, 2.75) is 19.4 Å². The van der Waals surface area contributed by atoms with Crippen LogP contribution in [-0.4, -0.2) is 19.3 Å². The first-order valence-corrected chi connectivity index (χ1v) is 4.54. The number of halogens is 1. The van der Waals surface area contributed by atoms with Gasteiger partial charge in [-0.15, -0.1) is 0 Å². The quantitative estimate of drug-likeness (QED) is 0.837. The summed E-state index contributed by atoms with van der Waals surface area (Å²) in [5.41, 5.74) is -0.817. The van der Waals surface area contributed by atoms with E-state index in [0.717, 1.165) is 0 Å². The van der Waals surface area contributed by atoms with Crippen LogP contribution in [0.4, 0.5) is 4.39 Å². The second kappa shape index (κ2) is 4.06. The molecule has 0 unspecified atom stereocenters. The fourth-order valence-corrected chi connectivity index (χ4v) is 1.39. The molecule has 0 bridgehead atoms. The molecule has 1 N–H and O–H groups in total. The monoisotopic (exact) mass is 214 g/mol. The summed E-state index contributed by atoms with van der Waals surface area (Å²) in [5.74, 6) is 0.158. The van der Waals surface area contributed by atoms with Gasteiger partial charge in [0, 0.05) is 11.6 Å². The van der Waals surface area contributed by atoms with Crippen LogP contribution in [0.15, 0.2) is 12.1 Å². The molecular weight excluding hydrogens is 199 g/mol. The molecule has 4 heteroatoms. The highest BCUT2D eigenvalue weighted by Crippen LogP contribution is 2.37. The molecule has 0 amide bonds. The summed E-state index contributed by atoms with van der Waals surface area (Å²) in [6.45, 7) is 3.12. The molecule has 0 fully saturated rings. The van der Waals surface area contributed by atoms with Crippen molar-refractivity contribution in [3.8, 4) is 11.5 Å². The Morgan fingerprint density at radius 2 is 1.80 bits per heavy atom. The molecule has 1 aromatic rings. The van der Waals surface area contributed by atoms with Gasteiger partial charge < -0.3 is 14.6 Å². The summed E-state index contributed by atoms with van der Waals surface area (Å²) in [4.78, 5) is 0. The van der Waals surface area contributed by atoms with Crippen molar-refractivity contribution < 1.29 is 19.0 Å². The van der Waals surface area contributed by atoms with Gasteiger partial charge in [0.25, 0.3) is 0 Å². The smallest absolute Gasteiger partial charge is 0.166 e. The summed E-state index contributed by atoms with van der Waals surface area (Å²) in [5, 5.41) is 9.84. The van der Waals surface area contributed by atoms with Gasteiger partial charge in [-0.25, -0.2) is 4.39 Å². The maximum atomic E-state index is 13.2. The van der Waals surface area contributed by atoms with Crippen molar-refractivity contribution in [1.29, 1.82) is 0 Å². The molecule has 0 aliphatic carbocycles. The van der Waals surface area contributed by atoms with Crippen LogP contribution >= 0.6 is 0 Å². The Morgan fingerprint density at radius 3 is 2.20 bits per heavy atom. The summed E-state index contributed by atoms with van der Waals surface area (Å²) in [6.07, 6.45) is 0. The highest BCUT2D eigenvalue weighted by Gasteiger charge is 2.24. The molecule has 15 heavy (non-hydrogen) atoms. The molecule has 0 radical (unpaired) electrons. The van der Waals surface area contributed by atoms with Crippen molar-refractivity contribution in [2.24, 2.45) is 0 Å². The third kappa shape index (κ3) is 2.39. The molecule has 0 aliphatic heterocycles. The first-order valence-electron chi connectivity index (χ1n) is 4.54. The van der Waals surface area contributed by atoms with Gasteiger partial charge in [-0.1, -0.05) is 0 Å². The zero-order valence-corrected chi connectivity index (χ0v) is 9.30. The van der Waals surface area contributed by atoms with E-state index in [1.54, 1.807) is 13.8 Å². The summed E-state index contributed by atoms with van der Waals surface area (Å²) in [7, 11) is 2.87. The van der Waals surface area contributed by atoms with Gasteiger partial charge in [-0.2, -0.15) is 0 Å². The van der Waals surface area contributed by atoms with Crippen LogP contribution in [0, 0.1) is 5.82 Å². The number of benzene rings is 1. The van der Waals surface area contributed by atoms with Crippen LogP contribution in [0.2, 0.25) is 0 Å².